The quantitative estimate of drug-likeness (QED) is 0.242. The number of Topliss-reactive ketones (excluding diaryl/α,β-unsaturated/α-hetero) is 1. The van der Waals surface area contributed by atoms with Crippen molar-refractivity contribution in [3.63, 3.8) is 0 Å². The minimum Gasteiger partial charge on any atom is -0.507 e. The number of carbonyl (C=O) groups is 2. The third-order valence-electron chi connectivity index (χ3n) is 6.04. The van der Waals surface area contributed by atoms with Crippen LogP contribution < -0.4 is 19.1 Å². The number of ether oxygens (including phenoxy) is 3. The van der Waals surface area contributed by atoms with Crippen LogP contribution in [0.4, 0.5) is 5.69 Å². The fraction of sp³-hybridized carbons (Fsp3) is 0.185. The molecular weight excluding hydrogens is 505 g/mol. The second-order valence-corrected chi connectivity index (χ2v) is 8.88. The smallest absolute Gasteiger partial charge is 0.300 e. The molecule has 9 heteroatoms. The molecule has 1 N–H and O–H groups in total. The summed E-state index contributed by atoms with van der Waals surface area (Å²) in [5.41, 5.74) is 1.82. The molecule has 0 radical (unpaired) electrons. The molecule has 0 spiro atoms. The number of ketones is 1. The Labute approximate surface area is 218 Å². The van der Waals surface area contributed by atoms with Crippen LogP contribution in [0.2, 0.25) is 10.0 Å². The van der Waals surface area contributed by atoms with Gasteiger partial charge in [0.2, 0.25) is 0 Å². The van der Waals surface area contributed by atoms with Crippen molar-refractivity contribution in [2.24, 2.45) is 0 Å². The molecule has 1 aliphatic rings. The summed E-state index contributed by atoms with van der Waals surface area (Å²) in [6.45, 7) is 1.83. The van der Waals surface area contributed by atoms with Gasteiger partial charge in [-0.25, -0.2) is 0 Å². The Morgan fingerprint density at radius 2 is 1.53 bits per heavy atom. The summed E-state index contributed by atoms with van der Waals surface area (Å²) in [6, 6.07) is 13.9. The van der Waals surface area contributed by atoms with Crippen LogP contribution >= 0.6 is 23.2 Å². The summed E-state index contributed by atoms with van der Waals surface area (Å²) >= 11 is 12.7. The SMILES string of the molecule is COc1ccc(C2/C(=C(\O)c3cc(Cl)c(OC)cc3OC)C(=O)C(=O)N2c2ccc(C)c(Cl)c2)cc1. The van der Waals surface area contributed by atoms with Crippen LogP contribution in [0.15, 0.2) is 60.2 Å². The highest BCUT2D eigenvalue weighted by Crippen LogP contribution is 2.45. The second kappa shape index (κ2) is 10.1. The lowest BCUT2D eigenvalue weighted by Gasteiger charge is -2.26. The maximum Gasteiger partial charge on any atom is 0.300 e. The van der Waals surface area contributed by atoms with Crippen molar-refractivity contribution in [1.29, 1.82) is 0 Å². The molecule has 7 nitrogen and oxygen atoms in total. The number of aryl methyl sites for hydroxylation is 1. The number of carbonyl (C=O) groups excluding carboxylic acids is 2. The van der Waals surface area contributed by atoms with Gasteiger partial charge in [0.05, 0.1) is 43.5 Å². The van der Waals surface area contributed by atoms with Gasteiger partial charge in [-0.1, -0.05) is 41.4 Å². The molecule has 1 amide bonds. The van der Waals surface area contributed by atoms with Gasteiger partial charge in [-0.3, -0.25) is 14.5 Å². The number of aliphatic hydroxyl groups is 1. The average molecular weight is 528 g/mol. The van der Waals surface area contributed by atoms with Crippen molar-refractivity contribution in [3.8, 4) is 17.2 Å². The molecule has 0 bridgehead atoms. The Balaban J connectivity index is 1.99. The van der Waals surface area contributed by atoms with Gasteiger partial charge in [0, 0.05) is 16.8 Å². The number of anilines is 1. The minimum absolute atomic E-state index is 0.124. The number of rotatable bonds is 6. The number of hydrogen-bond acceptors (Lipinski definition) is 6. The molecule has 4 rings (SSSR count). The van der Waals surface area contributed by atoms with E-state index in [4.69, 9.17) is 37.4 Å². The van der Waals surface area contributed by atoms with Crippen LogP contribution in [0.25, 0.3) is 5.76 Å². The highest BCUT2D eigenvalue weighted by Gasteiger charge is 2.47. The molecule has 1 unspecified atom stereocenters. The summed E-state index contributed by atoms with van der Waals surface area (Å²) in [4.78, 5) is 28.1. The number of methoxy groups -OCH3 is 3. The molecule has 1 atom stereocenters. The van der Waals surface area contributed by atoms with E-state index in [-0.39, 0.29) is 21.9 Å². The van der Waals surface area contributed by atoms with Crippen LogP contribution in [0.5, 0.6) is 17.2 Å². The lowest BCUT2D eigenvalue weighted by Crippen LogP contribution is -2.29. The predicted octanol–water partition coefficient (Wildman–Crippen LogP) is 5.95. The van der Waals surface area contributed by atoms with E-state index in [1.54, 1.807) is 42.5 Å². The fourth-order valence-corrected chi connectivity index (χ4v) is 4.54. The van der Waals surface area contributed by atoms with Gasteiger partial charge in [0.25, 0.3) is 11.7 Å². The average Bonchev–Trinajstić information content (AvgIpc) is 3.15. The van der Waals surface area contributed by atoms with E-state index in [0.29, 0.717) is 27.8 Å². The maximum absolute atomic E-state index is 13.4. The third-order valence-corrected chi connectivity index (χ3v) is 6.74. The number of benzene rings is 3. The van der Waals surface area contributed by atoms with Crippen LogP contribution in [-0.2, 0) is 9.59 Å². The fourth-order valence-electron chi connectivity index (χ4n) is 4.12. The second-order valence-electron chi connectivity index (χ2n) is 8.06. The summed E-state index contributed by atoms with van der Waals surface area (Å²) in [6.07, 6.45) is 0. The summed E-state index contributed by atoms with van der Waals surface area (Å²) in [7, 11) is 4.39. The van der Waals surface area contributed by atoms with Gasteiger partial charge in [0.15, 0.2) is 0 Å². The van der Waals surface area contributed by atoms with Crippen molar-refractivity contribution in [1.82, 2.24) is 0 Å². The number of hydrogen-bond donors (Lipinski definition) is 1. The monoisotopic (exact) mass is 527 g/mol. The number of amides is 1. The van der Waals surface area contributed by atoms with Crippen molar-refractivity contribution >= 4 is 46.3 Å². The first kappa shape index (κ1) is 25.4. The van der Waals surface area contributed by atoms with Gasteiger partial charge >= 0.3 is 0 Å². The van der Waals surface area contributed by atoms with E-state index in [1.807, 2.05) is 6.92 Å². The molecular formula is C27H23Cl2NO6. The molecule has 1 aliphatic heterocycles. The van der Waals surface area contributed by atoms with Crippen molar-refractivity contribution in [3.05, 3.63) is 86.9 Å². The highest BCUT2D eigenvalue weighted by atomic mass is 35.5. The molecule has 1 fully saturated rings. The van der Waals surface area contributed by atoms with E-state index in [2.05, 4.69) is 0 Å². The standard InChI is InChI=1S/C27H23Cl2NO6/c1-14-5-8-16(11-19(14)28)30-24(15-6-9-17(34-2)10-7-15)23(26(32)27(30)33)25(31)18-12-20(29)22(36-4)13-21(18)35-3/h5-13,24,31H,1-4H3/b25-23+. The van der Waals surface area contributed by atoms with Crippen molar-refractivity contribution in [2.75, 3.05) is 26.2 Å². The van der Waals surface area contributed by atoms with Gasteiger partial charge in [-0.2, -0.15) is 0 Å². The molecule has 0 aliphatic carbocycles. The van der Waals surface area contributed by atoms with Gasteiger partial charge in [-0.15, -0.1) is 0 Å². The van der Waals surface area contributed by atoms with E-state index >= 15 is 0 Å². The molecule has 186 valence electrons. The van der Waals surface area contributed by atoms with Crippen LogP contribution in [-0.4, -0.2) is 38.1 Å². The molecule has 1 saturated heterocycles. The van der Waals surface area contributed by atoms with E-state index in [1.165, 1.54) is 38.4 Å². The molecule has 1 heterocycles. The summed E-state index contributed by atoms with van der Waals surface area (Å²) in [5.74, 6) is -0.970. The summed E-state index contributed by atoms with van der Waals surface area (Å²) < 4.78 is 15.9. The zero-order valence-corrected chi connectivity index (χ0v) is 21.5. The first-order valence-corrected chi connectivity index (χ1v) is 11.6. The maximum atomic E-state index is 13.4. The van der Waals surface area contributed by atoms with E-state index in [0.717, 1.165) is 5.56 Å². The normalized spacial score (nSPS) is 16.8. The van der Waals surface area contributed by atoms with Crippen molar-refractivity contribution in [2.45, 2.75) is 13.0 Å². The third kappa shape index (κ3) is 4.36. The number of aliphatic hydroxyl groups excluding tert-OH is 1. The topological polar surface area (TPSA) is 85.3 Å². The zero-order chi connectivity index (χ0) is 26.1. The lowest BCUT2D eigenvalue weighted by molar-refractivity contribution is -0.132. The van der Waals surface area contributed by atoms with Crippen LogP contribution in [0.3, 0.4) is 0 Å². The number of nitrogens with zero attached hydrogens (tertiary/aromatic N) is 1. The molecule has 36 heavy (non-hydrogen) atoms. The lowest BCUT2D eigenvalue weighted by atomic mass is 9.94. The Bertz CT molecular complexity index is 1380. The first-order chi connectivity index (χ1) is 17.2. The first-order valence-electron chi connectivity index (χ1n) is 10.8. The largest absolute Gasteiger partial charge is 0.507 e. The van der Waals surface area contributed by atoms with Crippen LogP contribution in [0.1, 0.15) is 22.7 Å². The summed E-state index contributed by atoms with van der Waals surface area (Å²) in [5, 5.41) is 12.1. The molecule has 3 aromatic rings. The number of halogens is 2. The molecule has 0 aromatic heterocycles. The van der Waals surface area contributed by atoms with Gasteiger partial charge in [-0.05, 0) is 48.4 Å². The van der Waals surface area contributed by atoms with E-state index in [9.17, 15) is 14.7 Å². The highest BCUT2D eigenvalue weighted by molar-refractivity contribution is 6.52. The van der Waals surface area contributed by atoms with Gasteiger partial charge < -0.3 is 19.3 Å². The predicted molar refractivity (Wildman–Crippen MR) is 139 cm³/mol. The molecule has 0 saturated carbocycles. The Morgan fingerprint density at radius 3 is 2.11 bits per heavy atom. The van der Waals surface area contributed by atoms with E-state index < -0.39 is 23.5 Å². The van der Waals surface area contributed by atoms with Crippen molar-refractivity contribution < 1.29 is 28.9 Å². The minimum atomic E-state index is -0.958. The Kier molecular flexibility index (Phi) is 7.15. The zero-order valence-electron chi connectivity index (χ0n) is 20.0. The Hall–Kier alpha value is -3.68. The van der Waals surface area contributed by atoms with Crippen LogP contribution in [0, 0.1) is 6.92 Å². The molecule has 3 aromatic carbocycles. The Morgan fingerprint density at radius 1 is 0.861 bits per heavy atom. The van der Waals surface area contributed by atoms with Gasteiger partial charge in [0.1, 0.15) is 23.0 Å².